The summed E-state index contributed by atoms with van der Waals surface area (Å²) < 4.78 is 10.2. The summed E-state index contributed by atoms with van der Waals surface area (Å²) in [7, 11) is 0. The fourth-order valence-corrected chi connectivity index (χ4v) is 1.73. The first-order valence-corrected chi connectivity index (χ1v) is 5.65. The van der Waals surface area contributed by atoms with Crippen molar-refractivity contribution in [3.05, 3.63) is 0 Å². The van der Waals surface area contributed by atoms with Gasteiger partial charge in [0.2, 0.25) is 0 Å². The standard InChI is InChI=1S/C11H20O3/c1-3-5-7-9-10(8-6-4-2)14-11(12)13-9/h9-10H,3-8H2,1-2H3. The highest BCUT2D eigenvalue weighted by molar-refractivity contribution is 5.62. The summed E-state index contributed by atoms with van der Waals surface area (Å²) in [5.74, 6) is 0. The van der Waals surface area contributed by atoms with Crippen LogP contribution < -0.4 is 0 Å². The summed E-state index contributed by atoms with van der Waals surface area (Å²) in [4.78, 5) is 10.9. The SMILES string of the molecule is CCCCC1OC(=O)OC1CCCC. The van der Waals surface area contributed by atoms with Crippen LogP contribution in [0.3, 0.4) is 0 Å². The average molecular weight is 200 g/mol. The van der Waals surface area contributed by atoms with Gasteiger partial charge in [-0.3, -0.25) is 0 Å². The minimum Gasteiger partial charge on any atom is -0.427 e. The van der Waals surface area contributed by atoms with E-state index in [9.17, 15) is 4.79 Å². The van der Waals surface area contributed by atoms with E-state index in [0.717, 1.165) is 38.5 Å². The predicted octanol–water partition coefficient (Wildman–Crippen LogP) is 3.27. The normalized spacial score (nSPS) is 26.0. The van der Waals surface area contributed by atoms with Crippen molar-refractivity contribution in [3.8, 4) is 0 Å². The molecule has 0 aromatic heterocycles. The van der Waals surface area contributed by atoms with Gasteiger partial charge in [0.25, 0.3) is 0 Å². The molecule has 0 amide bonds. The lowest BCUT2D eigenvalue weighted by atomic mass is 10.0. The van der Waals surface area contributed by atoms with Crippen molar-refractivity contribution in [3.63, 3.8) is 0 Å². The van der Waals surface area contributed by atoms with Gasteiger partial charge in [-0.25, -0.2) is 4.79 Å². The van der Waals surface area contributed by atoms with Gasteiger partial charge in [0.15, 0.2) is 0 Å². The molecule has 0 aromatic rings. The molecule has 1 fully saturated rings. The minimum atomic E-state index is -0.479. The summed E-state index contributed by atoms with van der Waals surface area (Å²) in [6.07, 6.45) is 5.89. The van der Waals surface area contributed by atoms with Crippen molar-refractivity contribution < 1.29 is 14.3 Å². The second-order valence-electron chi connectivity index (χ2n) is 3.85. The molecule has 1 saturated heterocycles. The smallest absolute Gasteiger partial charge is 0.427 e. The van der Waals surface area contributed by atoms with Gasteiger partial charge in [-0.15, -0.1) is 0 Å². The van der Waals surface area contributed by atoms with E-state index in [1.165, 1.54) is 0 Å². The van der Waals surface area contributed by atoms with Gasteiger partial charge in [0.1, 0.15) is 12.2 Å². The third-order valence-corrected chi connectivity index (χ3v) is 2.59. The molecule has 82 valence electrons. The lowest BCUT2D eigenvalue weighted by Crippen LogP contribution is -2.22. The van der Waals surface area contributed by atoms with Gasteiger partial charge in [-0.05, 0) is 25.7 Å². The number of unbranched alkanes of at least 4 members (excludes halogenated alkanes) is 2. The monoisotopic (exact) mass is 200 g/mol. The number of carbonyl (C=O) groups excluding carboxylic acids is 1. The molecule has 14 heavy (non-hydrogen) atoms. The molecule has 0 radical (unpaired) electrons. The van der Waals surface area contributed by atoms with Gasteiger partial charge in [-0.2, -0.15) is 0 Å². The summed E-state index contributed by atoms with van der Waals surface area (Å²) >= 11 is 0. The molecule has 0 N–H and O–H groups in total. The molecule has 3 heteroatoms. The minimum absolute atomic E-state index is 0.00833. The van der Waals surface area contributed by atoms with E-state index in [1.807, 2.05) is 0 Å². The van der Waals surface area contributed by atoms with E-state index in [4.69, 9.17) is 9.47 Å². The number of cyclic esters (lactones) is 2. The van der Waals surface area contributed by atoms with Gasteiger partial charge < -0.3 is 9.47 Å². The third kappa shape index (κ3) is 3.20. The number of hydrogen-bond donors (Lipinski definition) is 0. The summed E-state index contributed by atoms with van der Waals surface area (Å²) in [6.45, 7) is 4.28. The highest BCUT2D eigenvalue weighted by Gasteiger charge is 2.35. The van der Waals surface area contributed by atoms with Crippen LogP contribution in [0.1, 0.15) is 52.4 Å². The molecule has 1 aliphatic heterocycles. The van der Waals surface area contributed by atoms with Crippen molar-refractivity contribution in [1.82, 2.24) is 0 Å². The maximum absolute atomic E-state index is 10.9. The number of carbonyl (C=O) groups is 1. The van der Waals surface area contributed by atoms with Crippen LogP contribution in [-0.2, 0) is 9.47 Å². The molecule has 3 nitrogen and oxygen atoms in total. The Labute approximate surface area is 85.8 Å². The van der Waals surface area contributed by atoms with Crippen LogP contribution in [0, 0.1) is 0 Å². The third-order valence-electron chi connectivity index (χ3n) is 2.59. The van der Waals surface area contributed by atoms with Gasteiger partial charge in [0, 0.05) is 0 Å². The Morgan fingerprint density at radius 2 is 1.43 bits per heavy atom. The van der Waals surface area contributed by atoms with Gasteiger partial charge in [-0.1, -0.05) is 26.7 Å². The highest BCUT2D eigenvalue weighted by atomic mass is 16.8. The molecule has 0 bridgehead atoms. The van der Waals surface area contributed by atoms with Crippen molar-refractivity contribution >= 4 is 6.16 Å². The molecular weight excluding hydrogens is 180 g/mol. The van der Waals surface area contributed by atoms with Crippen LogP contribution in [-0.4, -0.2) is 18.4 Å². The molecule has 0 saturated carbocycles. The number of ether oxygens (including phenoxy) is 2. The molecule has 2 unspecified atom stereocenters. The first kappa shape index (κ1) is 11.3. The first-order valence-electron chi connectivity index (χ1n) is 5.65. The number of rotatable bonds is 6. The topological polar surface area (TPSA) is 35.5 Å². The largest absolute Gasteiger partial charge is 0.509 e. The molecule has 1 aliphatic rings. The Morgan fingerprint density at radius 1 is 1.00 bits per heavy atom. The van der Waals surface area contributed by atoms with E-state index in [2.05, 4.69) is 13.8 Å². The Kier molecular flexibility index (Phi) is 4.77. The molecule has 2 atom stereocenters. The highest BCUT2D eigenvalue weighted by Crippen LogP contribution is 2.24. The second-order valence-corrected chi connectivity index (χ2v) is 3.85. The Balaban J connectivity index is 2.33. The second kappa shape index (κ2) is 5.89. The zero-order chi connectivity index (χ0) is 10.4. The van der Waals surface area contributed by atoms with E-state index >= 15 is 0 Å². The van der Waals surface area contributed by atoms with Gasteiger partial charge in [0.05, 0.1) is 0 Å². The fourth-order valence-electron chi connectivity index (χ4n) is 1.73. The molecule has 1 rings (SSSR count). The van der Waals surface area contributed by atoms with Crippen LogP contribution >= 0.6 is 0 Å². The van der Waals surface area contributed by atoms with Crippen LogP contribution in [0.2, 0.25) is 0 Å². The van der Waals surface area contributed by atoms with Gasteiger partial charge >= 0.3 is 6.16 Å². The molecule has 0 spiro atoms. The fraction of sp³-hybridized carbons (Fsp3) is 0.909. The van der Waals surface area contributed by atoms with Crippen molar-refractivity contribution in [2.45, 2.75) is 64.6 Å². The maximum atomic E-state index is 10.9. The van der Waals surface area contributed by atoms with E-state index in [1.54, 1.807) is 0 Å². The van der Waals surface area contributed by atoms with Crippen molar-refractivity contribution in [2.24, 2.45) is 0 Å². The molecule has 0 aromatic carbocycles. The van der Waals surface area contributed by atoms with Crippen LogP contribution in [0.4, 0.5) is 4.79 Å². The lowest BCUT2D eigenvalue weighted by Gasteiger charge is -2.14. The van der Waals surface area contributed by atoms with Crippen LogP contribution in [0.5, 0.6) is 0 Å². The molecule has 1 heterocycles. The van der Waals surface area contributed by atoms with Crippen LogP contribution in [0.15, 0.2) is 0 Å². The Hall–Kier alpha value is -0.730. The zero-order valence-corrected chi connectivity index (χ0v) is 9.12. The lowest BCUT2D eigenvalue weighted by molar-refractivity contribution is 0.114. The zero-order valence-electron chi connectivity index (χ0n) is 9.12. The Morgan fingerprint density at radius 3 is 1.79 bits per heavy atom. The first-order chi connectivity index (χ1) is 6.77. The summed E-state index contributed by atoms with van der Waals surface area (Å²) in [6, 6.07) is 0. The van der Waals surface area contributed by atoms with Crippen LogP contribution in [0.25, 0.3) is 0 Å². The van der Waals surface area contributed by atoms with E-state index < -0.39 is 6.16 Å². The maximum Gasteiger partial charge on any atom is 0.509 e. The van der Waals surface area contributed by atoms with Crippen molar-refractivity contribution in [1.29, 1.82) is 0 Å². The molecular formula is C11H20O3. The Bertz CT molecular complexity index is 161. The number of hydrogen-bond acceptors (Lipinski definition) is 3. The molecule has 0 aliphatic carbocycles. The average Bonchev–Trinajstić information content (AvgIpc) is 2.52. The summed E-state index contributed by atoms with van der Waals surface area (Å²) in [5, 5.41) is 0. The van der Waals surface area contributed by atoms with Crippen molar-refractivity contribution in [2.75, 3.05) is 0 Å². The van der Waals surface area contributed by atoms with E-state index in [-0.39, 0.29) is 12.2 Å². The predicted molar refractivity (Wildman–Crippen MR) is 54.2 cm³/mol. The summed E-state index contributed by atoms with van der Waals surface area (Å²) in [5.41, 5.74) is 0. The quantitative estimate of drug-likeness (QED) is 0.617. The van der Waals surface area contributed by atoms with E-state index in [0.29, 0.717) is 0 Å².